The lowest BCUT2D eigenvalue weighted by Crippen LogP contribution is -2.46. The summed E-state index contributed by atoms with van der Waals surface area (Å²) in [5.41, 5.74) is 0.343. The zero-order valence-electron chi connectivity index (χ0n) is 8.14. The number of aliphatic carboxylic acids is 1. The standard InChI is InChI=1S/C9H17NO2/c1-7(2)5-6-10-9(3,4)8(11)12/h5,10H,6H2,1-4H3,(H,11,12). The van der Waals surface area contributed by atoms with E-state index in [1.54, 1.807) is 13.8 Å². The van der Waals surface area contributed by atoms with Crippen LogP contribution in [0, 0.1) is 0 Å². The van der Waals surface area contributed by atoms with Crippen molar-refractivity contribution in [1.82, 2.24) is 5.32 Å². The zero-order valence-corrected chi connectivity index (χ0v) is 8.14. The van der Waals surface area contributed by atoms with Gasteiger partial charge in [0.25, 0.3) is 0 Å². The fourth-order valence-corrected chi connectivity index (χ4v) is 0.586. The molecule has 0 aliphatic carbocycles. The third-order valence-corrected chi connectivity index (χ3v) is 1.59. The van der Waals surface area contributed by atoms with E-state index in [4.69, 9.17) is 5.11 Å². The van der Waals surface area contributed by atoms with Gasteiger partial charge in [0, 0.05) is 6.54 Å². The second-order valence-electron chi connectivity index (χ2n) is 3.59. The van der Waals surface area contributed by atoms with Crippen molar-refractivity contribution >= 4 is 5.97 Å². The van der Waals surface area contributed by atoms with Crippen molar-refractivity contribution in [3.63, 3.8) is 0 Å². The number of carboxylic acids is 1. The smallest absolute Gasteiger partial charge is 0.323 e. The summed E-state index contributed by atoms with van der Waals surface area (Å²) in [5, 5.41) is 11.6. The summed E-state index contributed by atoms with van der Waals surface area (Å²) >= 11 is 0. The molecule has 70 valence electrons. The Morgan fingerprint density at radius 3 is 2.33 bits per heavy atom. The highest BCUT2D eigenvalue weighted by molar-refractivity contribution is 5.77. The normalized spacial score (nSPS) is 11.0. The number of carboxylic acid groups (broad SMARTS) is 1. The molecule has 0 aromatic carbocycles. The summed E-state index contributed by atoms with van der Waals surface area (Å²) < 4.78 is 0. The van der Waals surface area contributed by atoms with E-state index in [1.165, 1.54) is 5.57 Å². The molecule has 0 bridgehead atoms. The SMILES string of the molecule is CC(C)=CCNC(C)(C)C(=O)O. The van der Waals surface area contributed by atoms with E-state index in [9.17, 15) is 4.79 Å². The quantitative estimate of drug-likeness (QED) is 0.629. The van der Waals surface area contributed by atoms with E-state index in [0.717, 1.165) is 0 Å². The van der Waals surface area contributed by atoms with Crippen molar-refractivity contribution in [2.75, 3.05) is 6.54 Å². The molecule has 3 nitrogen and oxygen atoms in total. The van der Waals surface area contributed by atoms with E-state index in [0.29, 0.717) is 6.54 Å². The molecule has 0 aromatic rings. The lowest BCUT2D eigenvalue weighted by Gasteiger charge is -2.19. The molecule has 0 fully saturated rings. The lowest BCUT2D eigenvalue weighted by molar-refractivity contribution is -0.143. The van der Waals surface area contributed by atoms with Crippen molar-refractivity contribution in [3.8, 4) is 0 Å². The van der Waals surface area contributed by atoms with E-state index in [-0.39, 0.29) is 0 Å². The van der Waals surface area contributed by atoms with Gasteiger partial charge in [-0.25, -0.2) is 0 Å². The molecule has 0 aromatic heterocycles. The molecule has 0 atom stereocenters. The van der Waals surface area contributed by atoms with Gasteiger partial charge in [0.15, 0.2) is 0 Å². The van der Waals surface area contributed by atoms with E-state index >= 15 is 0 Å². The van der Waals surface area contributed by atoms with Gasteiger partial charge in [0.2, 0.25) is 0 Å². The minimum atomic E-state index is -0.841. The van der Waals surface area contributed by atoms with Gasteiger partial charge in [-0.15, -0.1) is 0 Å². The molecule has 0 rings (SSSR count). The van der Waals surface area contributed by atoms with Gasteiger partial charge in [-0.3, -0.25) is 10.1 Å². The largest absolute Gasteiger partial charge is 0.480 e. The zero-order chi connectivity index (χ0) is 9.78. The number of rotatable bonds is 4. The fraction of sp³-hybridized carbons (Fsp3) is 0.667. The van der Waals surface area contributed by atoms with Crippen LogP contribution in [0.15, 0.2) is 11.6 Å². The molecule has 0 heterocycles. The van der Waals surface area contributed by atoms with Crippen molar-refractivity contribution in [3.05, 3.63) is 11.6 Å². The van der Waals surface area contributed by atoms with E-state index in [1.807, 2.05) is 19.9 Å². The van der Waals surface area contributed by atoms with Gasteiger partial charge in [-0.2, -0.15) is 0 Å². The molecule has 2 N–H and O–H groups in total. The third-order valence-electron chi connectivity index (χ3n) is 1.59. The molecule has 12 heavy (non-hydrogen) atoms. The maximum absolute atomic E-state index is 10.6. The lowest BCUT2D eigenvalue weighted by atomic mass is 10.1. The van der Waals surface area contributed by atoms with Gasteiger partial charge in [0.05, 0.1) is 0 Å². The molecule has 0 aliphatic heterocycles. The Kier molecular flexibility index (Phi) is 3.96. The second-order valence-corrected chi connectivity index (χ2v) is 3.59. The topological polar surface area (TPSA) is 49.3 Å². The van der Waals surface area contributed by atoms with Crippen LogP contribution in [0.5, 0.6) is 0 Å². The fourth-order valence-electron chi connectivity index (χ4n) is 0.586. The first-order valence-corrected chi connectivity index (χ1v) is 3.98. The first-order valence-electron chi connectivity index (χ1n) is 3.98. The van der Waals surface area contributed by atoms with Gasteiger partial charge in [-0.05, 0) is 27.7 Å². The minimum absolute atomic E-state index is 0.599. The van der Waals surface area contributed by atoms with Gasteiger partial charge < -0.3 is 5.11 Å². The van der Waals surface area contributed by atoms with Gasteiger partial charge in [-0.1, -0.05) is 11.6 Å². The van der Waals surface area contributed by atoms with Gasteiger partial charge >= 0.3 is 5.97 Å². The highest BCUT2D eigenvalue weighted by Gasteiger charge is 2.25. The number of allylic oxidation sites excluding steroid dienone is 1. The average molecular weight is 171 g/mol. The van der Waals surface area contributed by atoms with Crippen molar-refractivity contribution in [2.24, 2.45) is 0 Å². The first-order chi connectivity index (χ1) is 5.36. The Balaban J connectivity index is 3.93. The average Bonchev–Trinajstić information content (AvgIpc) is 1.85. The summed E-state index contributed by atoms with van der Waals surface area (Å²) in [7, 11) is 0. The third kappa shape index (κ3) is 4.13. The Labute approximate surface area is 73.5 Å². The van der Waals surface area contributed by atoms with Crippen molar-refractivity contribution < 1.29 is 9.90 Å². The Morgan fingerprint density at radius 2 is 2.00 bits per heavy atom. The molecule has 0 amide bonds. The molecule has 0 aliphatic rings. The molecule has 3 heteroatoms. The molecule has 0 saturated carbocycles. The Bertz CT molecular complexity index is 191. The van der Waals surface area contributed by atoms with Crippen LogP contribution in [-0.2, 0) is 4.79 Å². The molecule has 0 spiro atoms. The molecule has 0 unspecified atom stereocenters. The van der Waals surface area contributed by atoms with Crippen LogP contribution >= 0.6 is 0 Å². The molecule has 0 radical (unpaired) electrons. The monoisotopic (exact) mass is 171 g/mol. The number of nitrogens with one attached hydrogen (secondary N) is 1. The van der Waals surface area contributed by atoms with Crippen LogP contribution in [-0.4, -0.2) is 23.2 Å². The van der Waals surface area contributed by atoms with Crippen LogP contribution in [0.4, 0.5) is 0 Å². The number of carbonyl (C=O) groups is 1. The molecular weight excluding hydrogens is 154 g/mol. The summed E-state index contributed by atoms with van der Waals surface area (Å²) in [6.45, 7) is 7.86. The summed E-state index contributed by atoms with van der Waals surface area (Å²) in [6, 6.07) is 0. The highest BCUT2D eigenvalue weighted by atomic mass is 16.4. The van der Waals surface area contributed by atoms with Crippen molar-refractivity contribution in [2.45, 2.75) is 33.2 Å². The van der Waals surface area contributed by atoms with Crippen molar-refractivity contribution in [1.29, 1.82) is 0 Å². The maximum atomic E-state index is 10.6. The van der Waals surface area contributed by atoms with Crippen LogP contribution < -0.4 is 5.32 Å². The maximum Gasteiger partial charge on any atom is 0.323 e. The Morgan fingerprint density at radius 1 is 1.50 bits per heavy atom. The predicted molar refractivity (Wildman–Crippen MR) is 49.1 cm³/mol. The van der Waals surface area contributed by atoms with Crippen LogP contribution in [0.2, 0.25) is 0 Å². The minimum Gasteiger partial charge on any atom is -0.480 e. The second kappa shape index (κ2) is 4.26. The first kappa shape index (κ1) is 11.2. The van der Waals surface area contributed by atoms with Gasteiger partial charge in [0.1, 0.15) is 5.54 Å². The van der Waals surface area contributed by atoms with Crippen LogP contribution in [0.3, 0.4) is 0 Å². The highest BCUT2D eigenvalue weighted by Crippen LogP contribution is 2.01. The van der Waals surface area contributed by atoms with Crippen LogP contribution in [0.25, 0.3) is 0 Å². The number of hydrogen-bond donors (Lipinski definition) is 2. The number of hydrogen-bond acceptors (Lipinski definition) is 2. The van der Waals surface area contributed by atoms with Crippen LogP contribution in [0.1, 0.15) is 27.7 Å². The summed E-state index contributed by atoms with van der Waals surface area (Å²) in [6.07, 6.45) is 1.96. The Hall–Kier alpha value is -0.830. The summed E-state index contributed by atoms with van der Waals surface area (Å²) in [5.74, 6) is -0.829. The predicted octanol–water partition coefficient (Wildman–Crippen LogP) is 1.41. The van der Waals surface area contributed by atoms with E-state index in [2.05, 4.69) is 5.32 Å². The molecule has 0 saturated heterocycles. The van der Waals surface area contributed by atoms with E-state index < -0.39 is 11.5 Å². The molecular formula is C9H17NO2. The summed E-state index contributed by atoms with van der Waals surface area (Å²) in [4.78, 5) is 10.6.